The van der Waals surface area contributed by atoms with Gasteiger partial charge in [-0.05, 0) is 33.6 Å². The normalized spacial score (nSPS) is 12.2. The van der Waals surface area contributed by atoms with Gasteiger partial charge in [-0.3, -0.25) is 0 Å². The van der Waals surface area contributed by atoms with Crippen LogP contribution in [0.2, 0.25) is 5.02 Å². The molecule has 3 nitrogen and oxygen atoms in total. The maximum Gasteiger partial charge on any atom is 0.216 e. The fourth-order valence-corrected chi connectivity index (χ4v) is 2.34. The van der Waals surface area contributed by atoms with Gasteiger partial charge in [0.1, 0.15) is 6.33 Å². The van der Waals surface area contributed by atoms with Gasteiger partial charge in [0, 0.05) is 22.7 Å². The molecule has 1 aromatic carbocycles. The van der Waals surface area contributed by atoms with E-state index in [0.717, 1.165) is 15.7 Å². The summed E-state index contributed by atoms with van der Waals surface area (Å²) in [7, 11) is 1.57. The van der Waals surface area contributed by atoms with Gasteiger partial charge in [-0.25, -0.2) is 9.97 Å². The summed E-state index contributed by atoms with van der Waals surface area (Å²) in [5.74, 6) is 0.530. The summed E-state index contributed by atoms with van der Waals surface area (Å²) in [4.78, 5) is 8.13. The van der Waals surface area contributed by atoms with Crippen LogP contribution in [-0.2, 0) is 6.42 Å². The Morgan fingerprint density at radius 1 is 1.32 bits per heavy atom. The lowest BCUT2D eigenvalue weighted by Crippen LogP contribution is -2.00. The molecule has 0 aliphatic heterocycles. The van der Waals surface area contributed by atoms with Gasteiger partial charge in [0.05, 0.1) is 17.5 Å². The molecule has 0 radical (unpaired) electrons. The van der Waals surface area contributed by atoms with E-state index in [1.807, 2.05) is 18.2 Å². The second kappa shape index (κ2) is 6.55. The molecular weight excluding hydrogens is 351 g/mol. The molecular formula is C13H11BrCl2N2O. The molecule has 1 aromatic heterocycles. The number of methoxy groups -OCH3 is 1. The van der Waals surface area contributed by atoms with Gasteiger partial charge in [-0.15, -0.1) is 11.6 Å². The monoisotopic (exact) mass is 360 g/mol. The van der Waals surface area contributed by atoms with Crippen molar-refractivity contribution in [1.29, 1.82) is 0 Å². The number of benzene rings is 1. The number of ether oxygens (including phenoxy) is 1. The van der Waals surface area contributed by atoms with Crippen LogP contribution in [0.5, 0.6) is 5.88 Å². The van der Waals surface area contributed by atoms with Crippen molar-refractivity contribution in [2.45, 2.75) is 11.8 Å². The summed E-state index contributed by atoms with van der Waals surface area (Å²) in [6.07, 6.45) is 2.05. The number of hydrogen-bond donors (Lipinski definition) is 0. The Kier molecular flexibility index (Phi) is 5.02. The summed E-state index contributed by atoms with van der Waals surface area (Å²) in [5.41, 5.74) is 1.78. The molecule has 100 valence electrons. The largest absolute Gasteiger partial charge is 0.481 e. The highest BCUT2D eigenvalue weighted by Gasteiger charge is 2.12. The van der Waals surface area contributed by atoms with E-state index in [4.69, 9.17) is 27.9 Å². The first-order valence-electron chi connectivity index (χ1n) is 5.54. The smallest absolute Gasteiger partial charge is 0.216 e. The van der Waals surface area contributed by atoms with Gasteiger partial charge in [0.2, 0.25) is 5.88 Å². The van der Waals surface area contributed by atoms with Gasteiger partial charge >= 0.3 is 0 Å². The molecule has 0 N–H and O–H groups in total. The van der Waals surface area contributed by atoms with E-state index >= 15 is 0 Å². The lowest BCUT2D eigenvalue weighted by atomic mass is 10.1. The lowest BCUT2D eigenvalue weighted by Gasteiger charge is -2.10. The van der Waals surface area contributed by atoms with Crippen LogP contribution >= 0.6 is 39.1 Å². The summed E-state index contributed by atoms with van der Waals surface area (Å²) in [5, 5.41) is 0.439. The van der Waals surface area contributed by atoms with Crippen molar-refractivity contribution in [3.05, 3.63) is 51.3 Å². The van der Waals surface area contributed by atoms with Crippen LogP contribution in [0.25, 0.3) is 0 Å². The SMILES string of the molecule is COc1cc(CC(Cl)c2ccc(Br)c(Cl)c2)ncn1. The summed E-state index contributed by atoms with van der Waals surface area (Å²) in [6.45, 7) is 0. The van der Waals surface area contributed by atoms with Crippen LogP contribution in [-0.4, -0.2) is 17.1 Å². The van der Waals surface area contributed by atoms with Crippen molar-refractivity contribution < 1.29 is 4.74 Å². The van der Waals surface area contributed by atoms with E-state index in [2.05, 4.69) is 25.9 Å². The Balaban J connectivity index is 2.15. The molecule has 0 bridgehead atoms. The number of nitrogens with zero attached hydrogens (tertiary/aromatic N) is 2. The molecule has 0 aliphatic rings. The van der Waals surface area contributed by atoms with Crippen molar-refractivity contribution in [1.82, 2.24) is 9.97 Å². The summed E-state index contributed by atoms with van der Waals surface area (Å²) in [6, 6.07) is 7.44. The Labute approximate surface area is 130 Å². The van der Waals surface area contributed by atoms with Crippen molar-refractivity contribution in [2.24, 2.45) is 0 Å². The second-order valence-corrected chi connectivity index (χ2v) is 5.69. The number of aromatic nitrogens is 2. The van der Waals surface area contributed by atoms with Crippen molar-refractivity contribution in [3.8, 4) is 5.88 Å². The molecule has 2 rings (SSSR count). The Morgan fingerprint density at radius 2 is 2.11 bits per heavy atom. The van der Waals surface area contributed by atoms with Gasteiger partial charge < -0.3 is 4.74 Å². The molecule has 2 aromatic rings. The maximum absolute atomic E-state index is 6.39. The maximum atomic E-state index is 6.39. The van der Waals surface area contributed by atoms with Gasteiger partial charge in [0.25, 0.3) is 0 Å². The minimum Gasteiger partial charge on any atom is -0.481 e. The minimum atomic E-state index is -0.204. The third-order valence-electron chi connectivity index (χ3n) is 2.60. The van der Waals surface area contributed by atoms with E-state index in [0.29, 0.717) is 17.3 Å². The van der Waals surface area contributed by atoms with E-state index in [1.165, 1.54) is 6.33 Å². The first kappa shape index (κ1) is 14.6. The molecule has 0 aliphatic carbocycles. The Bertz CT molecular complexity index is 580. The van der Waals surface area contributed by atoms with E-state index in [1.54, 1.807) is 13.2 Å². The van der Waals surface area contributed by atoms with E-state index in [-0.39, 0.29) is 5.38 Å². The quantitative estimate of drug-likeness (QED) is 0.756. The first-order chi connectivity index (χ1) is 9.10. The van der Waals surface area contributed by atoms with Crippen LogP contribution < -0.4 is 4.74 Å². The third kappa shape index (κ3) is 3.81. The van der Waals surface area contributed by atoms with Crippen molar-refractivity contribution >= 4 is 39.1 Å². The molecule has 0 amide bonds. The van der Waals surface area contributed by atoms with E-state index < -0.39 is 0 Å². The zero-order chi connectivity index (χ0) is 13.8. The molecule has 19 heavy (non-hydrogen) atoms. The predicted octanol–water partition coefficient (Wildman–Crippen LogP) is 4.42. The van der Waals surface area contributed by atoms with E-state index in [9.17, 15) is 0 Å². The van der Waals surface area contributed by atoms with Crippen molar-refractivity contribution in [2.75, 3.05) is 7.11 Å². The highest BCUT2D eigenvalue weighted by Crippen LogP contribution is 2.30. The molecule has 0 fully saturated rings. The summed E-state index contributed by atoms with van der Waals surface area (Å²) < 4.78 is 5.91. The predicted molar refractivity (Wildman–Crippen MR) is 80.0 cm³/mol. The standard InChI is InChI=1S/C13H11BrCl2N2O/c1-19-13-6-9(17-7-18-13)5-11(15)8-2-3-10(14)12(16)4-8/h2-4,6-7,11H,5H2,1H3. The summed E-state index contributed by atoms with van der Waals surface area (Å²) >= 11 is 15.8. The molecule has 1 unspecified atom stereocenters. The fraction of sp³-hybridized carbons (Fsp3) is 0.231. The second-order valence-electron chi connectivity index (χ2n) is 3.90. The number of halogens is 3. The average molecular weight is 362 g/mol. The molecule has 6 heteroatoms. The minimum absolute atomic E-state index is 0.204. The van der Waals surface area contributed by atoms with Crippen LogP contribution in [0, 0.1) is 0 Å². The molecule has 0 spiro atoms. The van der Waals surface area contributed by atoms with Crippen LogP contribution in [0.3, 0.4) is 0 Å². The topological polar surface area (TPSA) is 35.0 Å². The highest BCUT2D eigenvalue weighted by atomic mass is 79.9. The van der Waals surface area contributed by atoms with Crippen LogP contribution in [0.1, 0.15) is 16.6 Å². The van der Waals surface area contributed by atoms with Gasteiger partial charge in [0.15, 0.2) is 0 Å². The Morgan fingerprint density at radius 3 is 2.79 bits per heavy atom. The molecule has 1 heterocycles. The molecule has 0 saturated carbocycles. The highest BCUT2D eigenvalue weighted by molar-refractivity contribution is 9.10. The zero-order valence-electron chi connectivity index (χ0n) is 10.1. The first-order valence-corrected chi connectivity index (χ1v) is 7.15. The van der Waals surface area contributed by atoms with Gasteiger partial charge in [-0.2, -0.15) is 0 Å². The average Bonchev–Trinajstić information content (AvgIpc) is 2.42. The van der Waals surface area contributed by atoms with Gasteiger partial charge in [-0.1, -0.05) is 17.7 Å². The number of alkyl halides is 1. The lowest BCUT2D eigenvalue weighted by molar-refractivity contribution is 0.396. The van der Waals surface area contributed by atoms with Crippen LogP contribution in [0.15, 0.2) is 35.1 Å². The fourth-order valence-electron chi connectivity index (χ4n) is 1.61. The molecule has 0 saturated heterocycles. The van der Waals surface area contributed by atoms with Crippen LogP contribution in [0.4, 0.5) is 0 Å². The Hall–Kier alpha value is -0.840. The third-order valence-corrected chi connectivity index (χ3v) is 4.24. The van der Waals surface area contributed by atoms with Crippen molar-refractivity contribution in [3.63, 3.8) is 0 Å². The number of hydrogen-bond acceptors (Lipinski definition) is 3. The zero-order valence-corrected chi connectivity index (χ0v) is 13.2. The molecule has 1 atom stereocenters. The number of rotatable bonds is 4.